The number of hydrogen-bond donors (Lipinski definition) is 3. The van der Waals surface area contributed by atoms with E-state index in [1.807, 2.05) is 24.3 Å². The number of benzene rings is 2. The van der Waals surface area contributed by atoms with Crippen molar-refractivity contribution >= 4 is 18.0 Å². The highest BCUT2D eigenvalue weighted by Gasteiger charge is 2.52. The molecule has 0 spiro atoms. The number of carbonyl (C=O) groups excluding carboxylic acids is 2. The minimum absolute atomic E-state index is 0.0474. The van der Waals surface area contributed by atoms with Gasteiger partial charge in [-0.05, 0) is 41.5 Å². The first-order valence-electron chi connectivity index (χ1n) is 11.2. The fourth-order valence-electron chi connectivity index (χ4n) is 4.76. The molecule has 2 fully saturated rings. The Morgan fingerprint density at radius 3 is 2.24 bits per heavy atom. The molecule has 2 aromatic carbocycles. The van der Waals surface area contributed by atoms with Crippen LogP contribution < -0.4 is 10.6 Å². The fraction of sp³-hybridized carbons (Fsp3) is 0.400. The van der Waals surface area contributed by atoms with Gasteiger partial charge in [0.15, 0.2) is 0 Å². The maximum Gasteiger partial charge on any atom is 0.408 e. The normalized spacial score (nSPS) is 22.2. The predicted octanol–water partition coefficient (Wildman–Crippen LogP) is 2.66. The summed E-state index contributed by atoms with van der Waals surface area (Å²) < 4.78 is 11.0. The lowest BCUT2D eigenvalue weighted by molar-refractivity contribution is -0.141. The molecule has 1 aliphatic heterocycles. The van der Waals surface area contributed by atoms with E-state index in [1.165, 1.54) is 0 Å². The predicted molar refractivity (Wildman–Crippen MR) is 119 cm³/mol. The Morgan fingerprint density at radius 2 is 1.67 bits per heavy atom. The molecule has 1 saturated heterocycles. The topological polar surface area (TPSA) is 114 Å². The van der Waals surface area contributed by atoms with Crippen LogP contribution in [0.15, 0.2) is 48.5 Å². The summed E-state index contributed by atoms with van der Waals surface area (Å²) in [6.45, 7) is 0.555. The van der Waals surface area contributed by atoms with E-state index in [9.17, 15) is 14.4 Å². The molecule has 1 saturated carbocycles. The second-order valence-corrected chi connectivity index (χ2v) is 8.97. The largest absolute Gasteiger partial charge is 0.481 e. The van der Waals surface area contributed by atoms with E-state index in [0.717, 1.165) is 22.3 Å². The first kappa shape index (κ1) is 21.5. The molecule has 0 bridgehead atoms. The van der Waals surface area contributed by atoms with Gasteiger partial charge in [-0.1, -0.05) is 48.5 Å². The Hall–Kier alpha value is -3.39. The van der Waals surface area contributed by atoms with Crippen molar-refractivity contribution in [1.29, 1.82) is 0 Å². The van der Waals surface area contributed by atoms with Crippen LogP contribution in [0.1, 0.15) is 36.3 Å². The van der Waals surface area contributed by atoms with Crippen molar-refractivity contribution in [1.82, 2.24) is 10.6 Å². The van der Waals surface area contributed by atoms with Crippen LogP contribution >= 0.6 is 0 Å². The third-order valence-corrected chi connectivity index (χ3v) is 6.79. The molecule has 8 heteroatoms. The lowest BCUT2D eigenvalue weighted by Crippen LogP contribution is -2.50. The fourth-order valence-corrected chi connectivity index (χ4v) is 4.76. The Bertz CT molecular complexity index is 1050. The monoisotopic (exact) mass is 450 g/mol. The van der Waals surface area contributed by atoms with Crippen molar-refractivity contribution in [2.75, 3.05) is 19.8 Å². The molecule has 2 amide bonds. The summed E-state index contributed by atoms with van der Waals surface area (Å²) in [4.78, 5) is 36.3. The zero-order chi connectivity index (χ0) is 23.0. The first-order valence-corrected chi connectivity index (χ1v) is 11.2. The summed E-state index contributed by atoms with van der Waals surface area (Å²) >= 11 is 0. The van der Waals surface area contributed by atoms with Gasteiger partial charge < -0.3 is 25.2 Å². The summed E-state index contributed by atoms with van der Waals surface area (Å²) in [7, 11) is 0. The minimum Gasteiger partial charge on any atom is -0.481 e. The second-order valence-electron chi connectivity index (χ2n) is 8.97. The quantitative estimate of drug-likeness (QED) is 0.598. The van der Waals surface area contributed by atoms with E-state index in [4.69, 9.17) is 14.6 Å². The zero-order valence-electron chi connectivity index (χ0n) is 18.1. The van der Waals surface area contributed by atoms with Gasteiger partial charge in [-0.2, -0.15) is 0 Å². The van der Waals surface area contributed by atoms with Crippen LogP contribution in [-0.2, 0) is 19.1 Å². The third-order valence-electron chi connectivity index (χ3n) is 6.79. The first-order chi connectivity index (χ1) is 16.0. The number of fused-ring (bicyclic) bond motifs is 3. The number of nitrogens with one attached hydrogen (secondary N) is 2. The molecule has 5 rings (SSSR count). The molecule has 2 atom stereocenters. The van der Waals surface area contributed by atoms with Crippen molar-refractivity contribution in [2.24, 2.45) is 5.92 Å². The number of alkyl carbamates (subject to hydrolysis) is 1. The van der Waals surface area contributed by atoms with Crippen molar-refractivity contribution in [3.63, 3.8) is 0 Å². The molecular formula is C25H26N2O6. The van der Waals surface area contributed by atoms with Gasteiger partial charge >= 0.3 is 12.1 Å². The molecule has 1 heterocycles. The Morgan fingerprint density at radius 1 is 1.03 bits per heavy atom. The number of carboxylic acid groups (broad SMARTS) is 1. The van der Waals surface area contributed by atoms with E-state index in [1.54, 1.807) is 0 Å². The molecule has 2 unspecified atom stereocenters. The Kier molecular flexibility index (Phi) is 5.54. The van der Waals surface area contributed by atoms with Crippen molar-refractivity contribution in [3.05, 3.63) is 59.7 Å². The summed E-state index contributed by atoms with van der Waals surface area (Å²) in [5, 5.41) is 14.6. The summed E-state index contributed by atoms with van der Waals surface area (Å²) in [6, 6.07) is 16.2. The van der Waals surface area contributed by atoms with Crippen molar-refractivity contribution in [2.45, 2.75) is 36.8 Å². The average molecular weight is 450 g/mol. The van der Waals surface area contributed by atoms with E-state index in [2.05, 4.69) is 34.9 Å². The highest BCUT2D eigenvalue weighted by Crippen LogP contribution is 2.44. The van der Waals surface area contributed by atoms with Crippen LogP contribution in [0, 0.1) is 5.92 Å². The molecule has 33 heavy (non-hydrogen) atoms. The SMILES string of the molecule is O=C(NC1(C(=O)NCC2CC(C(=O)O)CO2)CC1)OCC1c2ccccc2-c2ccccc21. The van der Waals surface area contributed by atoms with Crippen LogP contribution in [0.25, 0.3) is 11.1 Å². The number of rotatable bonds is 7. The average Bonchev–Trinajstić information content (AvgIpc) is 3.31. The summed E-state index contributed by atoms with van der Waals surface area (Å²) in [6.07, 6.45) is 0.481. The van der Waals surface area contributed by atoms with Crippen LogP contribution in [0.3, 0.4) is 0 Å². The van der Waals surface area contributed by atoms with Gasteiger partial charge in [0.25, 0.3) is 0 Å². The number of aliphatic carboxylic acids is 1. The molecule has 3 aliphatic rings. The molecular weight excluding hydrogens is 424 g/mol. The molecule has 0 aromatic heterocycles. The maximum atomic E-state index is 12.7. The number of hydrogen-bond acceptors (Lipinski definition) is 5. The Labute approximate surface area is 191 Å². The van der Waals surface area contributed by atoms with Crippen molar-refractivity contribution in [3.8, 4) is 11.1 Å². The van der Waals surface area contributed by atoms with Gasteiger partial charge in [-0.25, -0.2) is 4.79 Å². The summed E-state index contributed by atoms with van der Waals surface area (Å²) in [5.74, 6) is -1.77. The zero-order valence-corrected chi connectivity index (χ0v) is 18.1. The van der Waals surface area contributed by atoms with Gasteiger partial charge in [0.2, 0.25) is 5.91 Å². The Balaban J connectivity index is 1.15. The van der Waals surface area contributed by atoms with E-state index < -0.39 is 23.5 Å². The molecule has 3 N–H and O–H groups in total. The molecule has 2 aromatic rings. The lowest BCUT2D eigenvalue weighted by atomic mass is 9.98. The van der Waals surface area contributed by atoms with Gasteiger partial charge in [0, 0.05) is 12.5 Å². The smallest absolute Gasteiger partial charge is 0.408 e. The molecule has 0 radical (unpaired) electrons. The molecule has 2 aliphatic carbocycles. The standard InChI is InChI=1S/C25H26N2O6/c28-22(29)15-11-16(32-13-15)12-26-23(30)25(9-10-25)27-24(31)33-14-21-19-7-3-1-5-17(19)18-6-2-4-8-20(18)21/h1-8,15-16,21H,9-14H2,(H,26,30)(H,27,31)(H,28,29). The van der Waals surface area contributed by atoms with Gasteiger partial charge in [-0.3, -0.25) is 9.59 Å². The summed E-state index contributed by atoms with van der Waals surface area (Å²) in [5.41, 5.74) is 3.59. The minimum atomic E-state index is -0.965. The highest BCUT2D eigenvalue weighted by molar-refractivity contribution is 5.92. The van der Waals surface area contributed by atoms with Gasteiger partial charge in [-0.15, -0.1) is 0 Å². The number of amides is 2. The number of carbonyl (C=O) groups is 3. The van der Waals surface area contributed by atoms with Crippen LogP contribution in [-0.4, -0.2) is 54.5 Å². The van der Waals surface area contributed by atoms with Crippen LogP contribution in [0.4, 0.5) is 4.79 Å². The maximum absolute atomic E-state index is 12.7. The van der Waals surface area contributed by atoms with Crippen LogP contribution in [0.5, 0.6) is 0 Å². The molecule has 8 nitrogen and oxygen atoms in total. The van der Waals surface area contributed by atoms with E-state index >= 15 is 0 Å². The second kappa shape index (κ2) is 8.51. The lowest BCUT2D eigenvalue weighted by Gasteiger charge is -2.20. The van der Waals surface area contributed by atoms with E-state index in [0.29, 0.717) is 19.3 Å². The third kappa shape index (κ3) is 4.18. The number of ether oxygens (including phenoxy) is 2. The van der Waals surface area contributed by atoms with Gasteiger partial charge in [0.1, 0.15) is 12.1 Å². The van der Waals surface area contributed by atoms with Crippen molar-refractivity contribution < 1.29 is 29.0 Å². The highest BCUT2D eigenvalue weighted by atomic mass is 16.5. The molecule has 172 valence electrons. The van der Waals surface area contributed by atoms with Crippen LogP contribution in [0.2, 0.25) is 0 Å². The van der Waals surface area contributed by atoms with Gasteiger partial charge in [0.05, 0.1) is 18.6 Å². The number of carboxylic acids is 1. The van der Waals surface area contributed by atoms with E-state index in [-0.39, 0.29) is 37.7 Å².